The fraction of sp³-hybridized carbons (Fsp3) is 0.357. The first kappa shape index (κ1) is 13.7. The molecule has 0 fully saturated rings. The molecule has 0 saturated heterocycles. The Balaban J connectivity index is 2.22. The first-order valence-corrected chi connectivity index (χ1v) is 6.37. The van der Waals surface area contributed by atoms with Crippen molar-refractivity contribution in [2.45, 2.75) is 32.9 Å². The molecule has 0 aliphatic carbocycles. The Hall–Kier alpha value is -1.72. The molecule has 0 bridgehead atoms. The predicted molar refractivity (Wildman–Crippen MR) is 72.8 cm³/mol. The predicted octanol–water partition coefficient (Wildman–Crippen LogP) is 2.10. The molecule has 2 rings (SSSR count). The summed E-state index contributed by atoms with van der Waals surface area (Å²) in [5.74, 6) is 5.33. The molecule has 1 atom stereocenters. The van der Waals surface area contributed by atoms with Crippen LogP contribution in [0.15, 0.2) is 30.6 Å². The van der Waals surface area contributed by atoms with Gasteiger partial charge in [-0.2, -0.15) is 5.10 Å². The summed E-state index contributed by atoms with van der Waals surface area (Å²) in [7, 11) is 0. The number of hydrazine groups is 1. The van der Waals surface area contributed by atoms with Crippen LogP contribution in [0.2, 0.25) is 0 Å². The standard InChI is InChI=1S/C14H19FN4/c1-3-19-9-11(8-17-19)7-14(18-16)12-6-10(2)4-5-13(12)15/h4-6,8-9,14,18H,3,7,16H2,1-2H3. The van der Waals surface area contributed by atoms with Gasteiger partial charge in [-0.15, -0.1) is 0 Å². The van der Waals surface area contributed by atoms with Gasteiger partial charge in [0.25, 0.3) is 0 Å². The molecule has 1 heterocycles. The number of aryl methyl sites for hydroxylation is 2. The summed E-state index contributed by atoms with van der Waals surface area (Å²) >= 11 is 0. The number of aromatic nitrogens is 2. The van der Waals surface area contributed by atoms with Crippen molar-refractivity contribution in [2.24, 2.45) is 5.84 Å². The highest BCUT2D eigenvalue weighted by atomic mass is 19.1. The molecule has 0 amide bonds. The number of nitrogens with zero attached hydrogens (tertiary/aromatic N) is 2. The summed E-state index contributed by atoms with van der Waals surface area (Å²) in [4.78, 5) is 0. The smallest absolute Gasteiger partial charge is 0.128 e. The molecule has 4 nitrogen and oxygen atoms in total. The molecule has 0 saturated carbocycles. The van der Waals surface area contributed by atoms with E-state index in [1.165, 1.54) is 6.07 Å². The fourth-order valence-electron chi connectivity index (χ4n) is 2.11. The lowest BCUT2D eigenvalue weighted by atomic mass is 9.99. The molecule has 3 N–H and O–H groups in total. The van der Waals surface area contributed by atoms with E-state index in [9.17, 15) is 4.39 Å². The van der Waals surface area contributed by atoms with Gasteiger partial charge < -0.3 is 0 Å². The Bertz CT molecular complexity index is 550. The lowest BCUT2D eigenvalue weighted by Crippen LogP contribution is -2.30. The SMILES string of the molecule is CCn1cc(CC(NN)c2cc(C)ccc2F)cn1. The average Bonchev–Trinajstić information content (AvgIpc) is 2.87. The van der Waals surface area contributed by atoms with Crippen molar-refractivity contribution in [1.82, 2.24) is 15.2 Å². The molecular weight excluding hydrogens is 243 g/mol. The van der Waals surface area contributed by atoms with E-state index in [4.69, 9.17) is 5.84 Å². The molecule has 19 heavy (non-hydrogen) atoms. The van der Waals surface area contributed by atoms with Crippen molar-refractivity contribution < 1.29 is 4.39 Å². The molecule has 0 radical (unpaired) electrons. The van der Waals surface area contributed by atoms with Crippen molar-refractivity contribution in [3.05, 3.63) is 53.1 Å². The van der Waals surface area contributed by atoms with Crippen LogP contribution in [0.5, 0.6) is 0 Å². The van der Waals surface area contributed by atoms with Gasteiger partial charge in [-0.25, -0.2) is 4.39 Å². The van der Waals surface area contributed by atoms with E-state index in [0.29, 0.717) is 12.0 Å². The third-order valence-corrected chi connectivity index (χ3v) is 3.18. The van der Waals surface area contributed by atoms with Gasteiger partial charge in [-0.3, -0.25) is 16.0 Å². The topological polar surface area (TPSA) is 55.9 Å². The summed E-state index contributed by atoms with van der Waals surface area (Å²) in [6, 6.07) is 4.80. The molecule has 5 heteroatoms. The molecule has 0 aliphatic heterocycles. The van der Waals surface area contributed by atoms with Gasteiger partial charge in [0, 0.05) is 18.3 Å². The highest BCUT2D eigenvalue weighted by molar-refractivity contribution is 5.28. The fourth-order valence-corrected chi connectivity index (χ4v) is 2.11. The Morgan fingerprint density at radius 2 is 2.26 bits per heavy atom. The van der Waals surface area contributed by atoms with Crippen LogP contribution in [-0.4, -0.2) is 9.78 Å². The maximum atomic E-state index is 13.9. The van der Waals surface area contributed by atoms with Gasteiger partial charge in [-0.05, 0) is 31.9 Å². The number of nitrogens with two attached hydrogens (primary N) is 1. The van der Waals surface area contributed by atoms with Gasteiger partial charge in [0.2, 0.25) is 0 Å². The number of rotatable bonds is 5. The Morgan fingerprint density at radius 3 is 2.89 bits per heavy atom. The first-order chi connectivity index (χ1) is 9.13. The number of benzene rings is 1. The van der Waals surface area contributed by atoms with E-state index in [1.54, 1.807) is 12.3 Å². The zero-order valence-corrected chi connectivity index (χ0v) is 11.2. The molecular formula is C14H19FN4. The Kier molecular flexibility index (Phi) is 4.29. The van der Waals surface area contributed by atoms with E-state index in [-0.39, 0.29) is 11.9 Å². The van der Waals surface area contributed by atoms with E-state index < -0.39 is 0 Å². The van der Waals surface area contributed by atoms with Crippen LogP contribution in [0.3, 0.4) is 0 Å². The van der Waals surface area contributed by atoms with Crippen LogP contribution in [0.25, 0.3) is 0 Å². The summed E-state index contributed by atoms with van der Waals surface area (Å²) < 4.78 is 15.7. The lowest BCUT2D eigenvalue weighted by Gasteiger charge is -2.16. The number of hydrogen-bond donors (Lipinski definition) is 2. The molecule has 1 aromatic heterocycles. The molecule has 0 aliphatic rings. The summed E-state index contributed by atoms with van der Waals surface area (Å²) in [5.41, 5.74) is 5.32. The van der Waals surface area contributed by atoms with Gasteiger partial charge in [-0.1, -0.05) is 17.7 Å². The minimum Gasteiger partial charge on any atom is -0.273 e. The van der Waals surface area contributed by atoms with Gasteiger partial charge in [0.1, 0.15) is 5.82 Å². The van der Waals surface area contributed by atoms with Crippen molar-refractivity contribution in [1.29, 1.82) is 0 Å². The molecule has 1 unspecified atom stereocenters. The molecule has 2 aromatic rings. The second-order valence-electron chi connectivity index (χ2n) is 4.65. The van der Waals surface area contributed by atoms with Gasteiger partial charge in [0.15, 0.2) is 0 Å². The maximum Gasteiger partial charge on any atom is 0.128 e. The van der Waals surface area contributed by atoms with Crippen molar-refractivity contribution in [3.63, 3.8) is 0 Å². The third kappa shape index (κ3) is 3.19. The van der Waals surface area contributed by atoms with Gasteiger partial charge >= 0.3 is 0 Å². The third-order valence-electron chi connectivity index (χ3n) is 3.18. The lowest BCUT2D eigenvalue weighted by molar-refractivity contribution is 0.510. The summed E-state index contributed by atoms with van der Waals surface area (Å²) in [6.07, 6.45) is 4.36. The van der Waals surface area contributed by atoms with Crippen molar-refractivity contribution in [2.75, 3.05) is 0 Å². The Labute approximate surface area is 112 Å². The second kappa shape index (κ2) is 5.95. The molecule has 1 aromatic carbocycles. The van der Waals surface area contributed by atoms with Crippen LogP contribution in [0, 0.1) is 12.7 Å². The van der Waals surface area contributed by atoms with Crippen LogP contribution in [0.4, 0.5) is 4.39 Å². The number of halogens is 1. The van der Waals surface area contributed by atoms with Crippen molar-refractivity contribution in [3.8, 4) is 0 Å². The maximum absolute atomic E-state index is 13.9. The summed E-state index contributed by atoms with van der Waals surface area (Å²) in [6.45, 7) is 4.78. The van der Waals surface area contributed by atoms with E-state index in [2.05, 4.69) is 10.5 Å². The second-order valence-corrected chi connectivity index (χ2v) is 4.65. The first-order valence-electron chi connectivity index (χ1n) is 6.37. The largest absolute Gasteiger partial charge is 0.273 e. The molecule has 0 spiro atoms. The van der Waals surface area contributed by atoms with Crippen LogP contribution < -0.4 is 11.3 Å². The normalized spacial score (nSPS) is 12.6. The quantitative estimate of drug-likeness (QED) is 0.641. The number of nitrogens with one attached hydrogen (secondary N) is 1. The monoisotopic (exact) mass is 262 g/mol. The van der Waals surface area contributed by atoms with E-state index >= 15 is 0 Å². The summed E-state index contributed by atoms with van der Waals surface area (Å²) in [5, 5.41) is 4.21. The highest BCUT2D eigenvalue weighted by Crippen LogP contribution is 2.21. The van der Waals surface area contributed by atoms with E-state index in [0.717, 1.165) is 17.7 Å². The van der Waals surface area contributed by atoms with Crippen molar-refractivity contribution >= 4 is 0 Å². The van der Waals surface area contributed by atoms with E-state index in [1.807, 2.05) is 30.8 Å². The zero-order valence-electron chi connectivity index (χ0n) is 11.2. The van der Waals surface area contributed by atoms with Crippen LogP contribution in [0.1, 0.15) is 29.7 Å². The Morgan fingerprint density at radius 1 is 1.47 bits per heavy atom. The van der Waals surface area contributed by atoms with Crippen LogP contribution in [-0.2, 0) is 13.0 Å². The minimum absolute atomic E-state index is 0.239. The zero-order chi connectivity index (χ0) is 13.8. The average molecular weight is 262 g/mol. The van der Waals surface area contributed by atoms with Gasteiger partial charge in [0.05, 0.1) is 12.2 Å². The minimum atomic E-state index is -0.255. The highest BCUT2D eigenvalue weighted by Gasteiger charge is 2.16. The molecule has 102 valence electrons. The van der Waals surface area contributed by atoms with Crippen LogP contribution >= 0.6 is 0 Å². The number of hydrogen-bond acceptors (Lipinski definition) is 3.